The van der Waals surface area contributed by atoms with Gasteiger partial charge in [0.25, 0.3) is 0 Å². The van der Waals surface area contributed by atoms with E-state index in [-0.39, 0.29) is 0 Å². The number of aryl methyl sites for hydroxylation is 1. The molecule has 0 bridgehead atoms. The number of allylic oxidation sites excluding steroid dienone is 1. The van der Waals surface area contributed by atoms with Gasteiger partial charge in [0.2, 0.25) is 0 Å². The Morgan fingerprint density at radius 1 is 1.20 bits per heavy atom. The summed E-state index contributed by atoms with van der Waals surface area (Å²) in [6.07, 6.45) is -0.899. The van der Waals surface area contributed by atoms with Gasteiger partial charge in [0.05, 0.1) is 17.2 Å². The van der Waals surface area contributed by atoms with Gasteiger partial charge in [-0.25, -0.2) is 0 Å². The van der Waals surface area contributed by atoms with E-state index in [0.29, 0.717) is 11.1 Å². The Kier molecular flexibility index (Phi) is 3.66. The Hall–Kier alpha value is -2.48. The lowest BCUT2D eigenvalue weighted by molar-refractivity contribution is -0.137. The van der Waals surface area contributed by atoms with Crippen LogP contribution in [0.15, 0.2) is 42.6 Å². The maximum Gasteiger partial charge on any atom is 0.416 e. The Bertz CT molecular complexity index is 670. The topological polar surface area (TPSA) is 28.7 Å². The highest BCUT2D eigenvalue weighted by molar-refractivity contribution is 5.89. The number of nitrogens with zero attached hydrogens (tertiary/aromatic N) is 2. The van der Waals surface area contributed by atoms with Crippen molar-refractivity contribution >= 4 is 11.6 Å². The van der Waals surface area contributed by atoms with Crippen molar-refractivity contribution in [2.24, 2.45) is 7.05 Å². The first kappa shape index (κ1) is 13.9. The van der Waals surface area contributed by atoms with Crippen molar-refractivity contribution in [3.05, 3.63) is 59.4 Å². The Morgan fingerprint density at radius 3 is 2.30 bits per heavy atom. The molecule has 0 N–H and O–H groups in total. The molecule has 0 radical (unpaired) electrons. The zero-order valence-electron chi connectivity index (χ0n) is 10.6. The molecule has 1 heterocycles. The highest BCUT2D eigenvalue weighted by Crippen LogP contribution is 2.30. The van der Waals surface area contributed by atoms with Crippen LogP contribution in [0.25, 0.3) is 11.6 Å². The van der Waals surface area contributed by atoms with Gasteiger partial charge in [0.15, 0.2) is 0 Å². The van der Waals surface area contributed by atoms with Crippen LogP contribution in [-0.4, -0.2) is 4.57 Å². The molecule has 0 aliphatic heterocycles. The van der Waals surface area contributed by atoms with Crippen LogP contribution in [0.3, 0.4) is 0 Å². The zero-order valence-corrected chi connectivity index (χ0v) is 10.6. The van der Waals surface area contributed by atoms with E-state index in [0.717, 1.165) is 17.8 Å². The Balaban J connectivity index is 2.37. The second kappa shape index (κ2) is 5.25. The molecule has 2 rings (SSSR count). The number of hydrogen-bond donors (Lipinski definition) is 0. The molecule has 1 aromatic carbocycles. The molecule has 20 heavy (non-hydrogen) atoms. The molecule has 0 amide bonds. The lowest BCUT2D eigenvalue weighted by Gasteiger charge is -2.07. The van der Waals surface area contributed by atoms with Gasteiger partial charge in [0.1, 0.15) is 0 Å². The average molecular weight is 276 g/mol. The van der Waals surface area contributed by atoms with Crippen LogP contribution >= 0.6 is 0 Å². The summed E-state index contributed by atoms with van der Waals surface area (Å²) in [6, 6.07) is 10.2. The molecule has 0 aliphatic rings. The lowest BCUT2D eigenvalue weighted by atomic mass is 10.0. The van der Waals surface area contributed by atoms with E-state index in [1.165, 1.54) is 12.1 Å². The smallest absolute Gasteiger partial charge is 0.351 e. The normalized spacial score (nSPS) is 12.2. The van der Waals surface area contributed by atoms with Crippen molar-refractivity contribution in [2.75, 3.05) is 0 Å². The van der Waals surface area contributed by atoms with Gasteiger partial charge in [-0.05, 0) is 35.9 Å². The first-order valence-electron chi connectivity index (χ1n) is 5.82. The summed E-state index contributed by atoms with van der Waals surface area (Å²) in [5, 5.41) is 9.15. The summed E-state index contributed by atoms with van der Waals surface area (Å²) in [4.78, 5) is 0. The number of nitriles is 1. The predicted molar refractivity (Wildman–Crippen MR) is 70.3 cm³/mol. The average Bonchev–Trinajstić information content (AvgIpc) is 2.80. The molecule has 0 saturated carbocycles. The van der Waals surface area contributed by atoms with Gasteiger partial charge >= 0.3 is 6.18 Å². The molecule has 2 nitrogen and oxygen atoms in total. The van der Waals surface area contributed by atoms with Gasteiger partial charge in [-0.3, -0.25) is 0 Å². The molecular formula is C15H11F3N2. The Labute approximate surface area is 114 Å². The summed E-state index contributed by atoms with van der Waals surface area (Å²) < 4.78 is 39.3. The minimum absolute atomic E-state index is 0.320. The number of alkyl halides is 3. The third-order valence-electron chi connectivity index (χ3n) is 2.92. The molecule has 0 aliphatic carbocycles. The van der Waals surface area contributed by atoms with E-state index in [1.807, 2.05) is 36.0 Å². The fourth-order valence-corrected chi connectivity index (χ4v) is 1.79. The number of rotatable bonds is 2. The van der Waals surface area contributed by atoms with Crippen LogP contribution in [0, 0.1) is 11.3 Å². The summed E-state index contributed by atoms with van der Waals surface area (Å²) in [6.45, 7) is 0. The van der Waals surface area contributed by atoms with Crippen LogP contribution in [0.4, 0.5) is 13.2 Å². The first-order chi connectivity index (χ1) is 9.41. The molecule has 0 saturated heterocycles. The number of benzene rings is 1. The molecule has 0 fully saturated rings. The third kappa shape index (κ3) is 2.91. The minimum atomic E-state index is -4.37. The van der Waals surface area contributed by atoms with Crippen LogP contribution in [-0.2, 0) is 13.2 Å². The quantitative estimate of drug-likeness (QED) is 0.759. The van der Waals surface area contributed by atoms with Crippen LogP contribution in [0.1, 0.15) is 16.8 Å². The molecular weight excluding hydrogens is 265 g/mol. The van der Waals surface area contributed by atoms with Gasteiger partial charge in [-0.1, -0.05) is 12.1 Å². The predicted octanol–water partition coefficient (Wildman–Crippen LogP) is 4.11. The fourth-order valence-electron chi connectivity index (χ4n) is 1.79. The lowest BCUT2D eigenvalue weighted by Crippen LogP contribution is -2.04. The second-order valence-corrected chi connectivity index (χ2v) is 4.29. The maximum atomic E-state index is 12.5. The standard InChI is InChI=1S/C15H11F3N2/c1-20-8-2-3-14(20)9-12(10-19)11-4-6-13(7-5-11)15(16,17)18/h2-9H,1H3/b12-9-. The van der Waals surface area contributed by atoms with Gasteiger partial charge in [-0.2, -0.15) is 18.4 Å². The fraction of sp³-hybridized carbons (Fsp3) is 0.133. The summed E-state index contributed by atoms with van der Waals surface area (Å²) >= 11 is 0. The highest BCUT2D eigenvalue weighted by atomic mass is 19.4. The van der Waals surface area contributed by atoms with Crippen LogP contribution < -0.4 is 0 Å². The van der Waals surface area contributed by atoms with E-state index in [1.54, 1.807) is 6.08 Å². The van der Waals surface area contributed by atoms with Gasteiger partial charge < -0.3 is 4.57 Å². The molecule has 5 heteroatoms. The SMILES string of the molecule is Cn1cccc1/C=C(/C#N)c1ccc(C(F)(F)F)cc1. The van der Waals surface area contributed by atoms with Crippen molar-refractivity contribution in [3.8, 4) is 6.07 Å². The van der Waals surface area contributed by atoms with Gasteiger partial charge in [0, 0.05) is 18.9 Å². The van der Waals surface area contributed by atoms with E-state index in [9.17, 15) is 13.2 Å². The molecule has 2 aromatic rings. The molecule has 0 atom stereocenters. The largest absolute Gasteiger partial charge is 0.416 e. The van der Waals surface area contributed by atoms with Crippen molar-refractivity contribution in [1.29, 1.82) is 5.26 Å². The van der Waals surface area contributed by atoms with Crippen molar-refractivity contribution < 1.29 is 13.2 Å². The van der Waals surface area contributed by atoms with Gasteiger partial charge in [-0.15, -0.1) is 0 Å². The van der Waals surface area contributed by atoms with Crippen LogP contribution in [0.5, 0.6) is 0 Å². The van der Waals surface area contributed by atoms with E-state index in [2.05, 4.69) is 0 Å². The molecule has 102 valence electrons. The summed E-state index contributed by atoms with van der Waals surface area (Å²) in [5.41, 5.74) is 0.862. The first-order valence-corrected chi connectivity index (χ1v) is 5.82. The van der Waals surface area contributed by atoms with Crippen molar-refractivity contribution in [2.45, 2.75) is 6.18 Å². The number of hydrogen-bond acceptors (Lipinski definition) is 1. The highest BCUT2D eigenvalue weighted by Gasteiger charge is 2.30. The van der Waals surface area contributed by atoms with E-state index >= 15 is 0 Å². The third-order valence-corrected chi connectivity index (χ3v) is 2.92. The molecule has 1 aromatic heterocycles. The molecule has 0 spiro atoms. The Morgan fingerprint density at radius 2 is 1.85 bits per heavy atom. The monoisotopic (exact) mass is 276 g/mol. The van der Waals surface area contributed by atoms with Crippen molar-refractivity contribution in [3.63, 3.8) is 0 Å². The second-order valence-electron chi connectivity index (χ2n) is 4.29. The van der Waals surface area contributed by atoms with Crippen molar-refractivity contribution in [1.82, 2.24) is 4.57 Å². The summed E-state index contributed by atoms with van der Waals surface area (Å²) in [5.74, 6) is 0. The van der Waals surface area contributed by atoms with Crippen LogP contribution in [0.2, 0.25) is 0 Å². The maximum absolute atomic E-state index is 12.5. The summed E-state index contributed by atoms with van der Waals surface area (Å²) in [7, 11) is 1.83. The number of aromatic nitrogens is 1. The van der Waals surface area contributed by atoms with E-state index in [4.69, 9.17) is 5.26 Å². The van der Waals surface area contributed by atoms with E-state index < -0.39 is 11.7 Å². The number of halogens is 3. The minimum Gasteiger partial charge on any atom is -0.351 e. The zero-order chi connectivity index (χ0) is 14.8. The molecule has 0 unspecified atom stereocenters.